The second-order valence-corrected chi connectivity index (χ2v) is 7.05. The largest absolute Gasteiger partial charge is 0.317 e. The molecule has 1 aliphatic heterocycles. The molecule has 0 N–H and O–H groups in total. The topological polar surface area (TPSA) is 37.2 Å². The number of nitrogens with zero attached hydrogens (tertiary/aromatic N) is 5. The Hall–Kier alpha value is -1.86. The van der Waals surface area contributed by atoms with Gasteiger partial charge >= 0.3 is 0 Å². The summed E-state index contributed by atoms with van der Waals surface area (Å²) in [5.41, 5.74) is 0.148. The number of likely N-dealkylation sites (tertiary alicyclic amines) is 1. The van der Waals surface area contributed by atoms with Crippen LogP contribution in [0, 0.1) is 11.6 Å². The lowest BCUT2D eigenvalue weighted by molar-refractivity contribution is 0.190. The molecule has 1 atom stereocenters. The summed E-state index contributed by atoms with van der Waals surface area (Å²) in [6.07, 6.45) is 2.00. The summed E-state index contributed by atoms with van der Waals surface area (Å²) >= 11 is 0. The molecule has 1 aromatic heterocycles. The van der Waals surface area contributed by atoms with Gasteiger partial charge in [-0.05, 0) is 45.6 Å². The van der Waals surface area contributed by atoms with Crippen molar-refractivity contribution in [3.63, 3.8) is 0 Å². The zero-order valence-corrected chi connectivity index (χ0v) is 15.0. The Balaban J connectivity index is 1.72. The predicted octanol–water partition coefficient (Wildman–Crippen LogP) is 2.53. The third-order valence-corrected chi connectivity index (χ3v) is 4.77. The normalized spacial score (nSPS) is 18.9. The van der Waals surface area contributed by atoms with E-state index >= 15 is 0 Å². The number of halogens is 2. The van der Waals surface area contributed by atoms with Gasteiger partial charge in [0.2, 0.25) is 0 Å². The van der Waals surface area contributed by atoms with Gasteiger partial charge in [0.05, 0.1) is 6.54 Å². The van der Waals surface area contributed by atoms with Crippen molar-refractivity contribution in [2.24, 2.45) is 7.05 Å². The number of rotatable bonds is 5. The molecule has 2 aromatic rings. The summed E-state index contributed by atoms with van der Waals surface area (Å²) in [6.45, 7) is 2.60. The average Bonchev–Trinajstić information content (AvgIpc) is 2.92. The lowest BCUT2D eigenvalue weighted by Gasteiger charge is -2.32. The van der Waals surface area contributed by atoms with Gasteiger partial charge in [-0.3, -0.25) is 4.90 Å². The van der Waals surface area contributed by atoms with E-state index < -0.39 is 11.6 Å². The highest BCUT2D eigenvalue weighted by atomic mass is 19.1. The van der Waals surface area contributed by atoms with E-state index in [4.69, 9.17) is 0 Å². The molecule has 3 rings (SSSR count). The molecular formula is C18H25F2N5. The first-order valence-electron chi connectivity index (χ1n) is 8.64. The number of aromatic nitrogens is 3. The van der Waals surface area contributed by atoms with Crippen molar-refractivity contribution in [3.05, 3.63) is 47.0 Å². The second-order valence-electron chi connectivity index (χ2n) is 7.05. The Morgan fingerprint density at radius 2 is 1.92 bits per heavy atom. The zero-order valence-electron chi connectivity index (χ0n) is 15.0. The first-order valence-corrected chi connectivity index (χ1v) is 8.64. The molecule has 0 bridgehead atoms. The van der Waals surface area contributed by atoms with Crippen LogP contribution in [0.1, 0.15) is 36.0 Å². The van der Waals surface area contributed by atoms with Gasteiger partial charge in [-0.15, -0.1) is 10.2 Å². The van der Waals surface area contributed by atoms with Crippen molar-refractivity contribution in [2.75, 3.05) is 27.2 Å². The Kier molecular flexibility index (Phi) is 5.44. The summed E-state index contributed by atoms with van der Waals surface area (Å²) in [5, 5.41) is 8.68. The van der Waals surface area contributed by atoms with E-state index in [0.717, 1.165) is 44.1 Å². The molecule has 1 aromatic carbocycles. The van der Waals surface area contributed by atoms with Crippen LogP contribution in [-0.2, 0) is 20.1 Å². The fraction of sp³-hybridized carbons (Fsp3) is 0.556. The van der Waals surface area contributed by atoms with E-state index in [1.165, 1.54) is 18.2 Å². The molecule has 25 heavy (non-hydrogen) atoms. The maximum Gasteiger partial charge on any atom is 0.146 e. The molecule has 0 aliphatic carbocycles. The van der Waals surface area contributed by atoms with E-state index in [-0.39, 0.29) is 18.0 Å². The summed E-state index contributed by atoms with van der Waals surface area (Å²) in [7, 11) is 5.99. The van der Waals surface area contributed by atoms with E-state index in [0.29, 0.717) is 0 Å². The lowest BCUT2D eigenvalue weighted by atomic mass is 9.96. The summed E-state index contributed by atoms with van der Waals surface area (Å²) in [6, 6.07) is 4.03. The fourth-order valence-electron chi connectivity index (χ4n) is 3.47. The molecule has 0 radical (unpaired) electrons. The lowest BCUT2D eigenvalue weighted by Crippen LogP contribution is -2.35. The molecule has 5 nitrogen and oxygen atoms in total. The maximum atomic E-state index is 13.9. The second kappa shape index (κ2) is 7.58. The highest BCUT2D eigenvalue weighted by Crippen LogP contribution is 2.27. The zero-order chi connectivity index (χ0) is 18.0. The molecule has 0 spiro atoms. The summed E-state index contributed by atoms with van der Waals surface area (Å²) < 4.78 is 29.9. The maximum absolute atomic E-state index is 13.9. The quantitative estimate of drug-likeness (QED) is 0.831. The van der Waals surface area contributed by atoms with Gasteiger partial charge in [0, 0.05) is 31.6 Å². The summed E-state index contributed by atoms with van der Waals surface area (Å²) in [4.78, 5) is 4.16. The molecule has 1 aliphatic rings. The van der Waals surface area contributed by atoms with Crippen LogP contribution >= 0.6 is 0 Å². The van der Waals surface area contributed by atoms with Gasteiger partial charge in [-0.2, -0.15) is 0 Å². The Morgan fingerprint density at radius 3 is 2.60 bits per heavy atom. The van der Waals surface area contributed by atoms with Crippen LogP contribution in [0.3, 0.4) is 0 Å². The van der Waals surface area contributed by atoms with E-state index in [2.05, 4.69) is 24.6 Å². The van der Waals surface area contributed by atoms with E-state index in [1.807, 2.05) is 21.1 Å². The van der Waals surface area contributed by atoms with Crippen LogP contribution in [0.25, 0.3) is 0 Å². The molecule has 1 fully saturated rings. The van der Waals surface area contributed by atoms with Crippen molar-refractivity contribution in [2.45, 2.75) is 31.8 Å². The minimum Gasteiger partial charge on any atom is -0.317 e. The van der Waals surface area contributed by atoms with Gasteiger partial charge in [0.1, 0.15) is 23.3 Å². The Bertz CT molecular complexity index is 708. The van der Waals surface area contributed by atoms with Crippen LogP contribution in [0.5, 0.6) is 0 Å². The van der Waals surface area contributed by atoms with Crippen LogP contribution in [0.4, 0.5) is 8.78 Å². The van der Waals surface area contributed by atoms with Crippen LogP contribution in [-0.4, -0.2) is 51.7 Å². The van der Waals surface area contributed by atoms with Gasteiger partial charge in [-0.1, -0.05) is 6.07 Å². The standard InChI is InChI=1S/C18H25F2N5/c1-23(2)12-17-21-22-18(24(17)3)13-6-5-9-25(10-13)11-14-15(19)7-4-8-16(14)20/h4,7-8,13H,5-6,9-12H2,1-3H3. The van der Waals surface area contributed by atoms with E-state index in [1.54, 1.807) is 0 Å². The fourth-order valence-corrected chi connectivity index (χ4v) is 3.47. The Morgan fingerprint density at radius 1 is 1.20 bits per heavy atom. The van der Waals surface area contributed by atoms with Crippen molar-refractivity contribution >= 4 is 0 Å². The third kappa shape index (κ3) is 4.04. The molecule has 2 heterocycles. The number of hydrogen-bond acceptors (Lipinski definition) is 4. The smallest absolute Gasteiger partial charge is 0.146 e. The predicted molar refractivity (Wildman–Crippen MR) is 92.0 cm³/mol. The van der Waals surface area contributed by atoms with Crippen molar-refractivity contribution < 1.29 is 8.78 Å². The Labute approximate surface area is 147 Å². The molecule has 136 valence electrons. The molecule has 0 amide bonds. The van der Waals surface area contributed by atoms with E-state index in [9.17, 15) is 8.78 Å². The van der Waals surface area contributed by atoms with Crippen molar-refractivity contribution in [1.82, 2.24) is 24.6 Å². The van der Waals surface area contributed by atoms with Crippen molar-refractivity contribution in [1.29, 1.82) is 0 Å². The van der Waals surface area contributed by atoms with Gasteiger partial charge in [0.15, 0.2) is 0 Å². The number of piperidine rings is 1. The van der Waals surface area contributed by atoms with Crippen LogP contribution in [0.2, 0.25) is 0 Å². The first kappa shape index (κ1) is 17.9. The van der Waals surface area contributed by atoms with Gasteiger partial charge < -0.3 is 9.47 Å². The molecule has 0 saturated carbocycles. The molecule has 7 heteroatoms. The van der Waals surface area contributed by atoms with Crippen LogP contribution < -0.4 is 0 Å². The van der Waals surface area contributed by atoms with Crippen LogP contribution in [0.15, 0.2) is 18.2 Å². The number of benzene rings is 1. The monoisotopic (exact) mass is 349 g/mol. The number of hydrogen-bond donors (Lipinski definition) is 0. The third-order valence-electron chi connectivity index (χ3n) is 4.77. The minimum atomic E-state index is -0.478. The SMILES string of the molecule is CN(C)Cc1nnc(C2CCCN(Cc3c(F)cccc3F)C2)n1C. The highest BCUT2D eigenvalue weighted by Gasteiger charge is 2.27. The van der Waals surface area contributed by atoms with Crippen molar-refractivity contribution in [3.8, 4) is 0 Å². The molecule has 1 unspecified atom stereocenters. The highest BCUT2D eigenvalue weighted by molar-refractivity contribution is 5.19. The van der Waals surface area contributed by atoms with Gasteiger partial charge in [-0.25, -0.2) is 8.78 Å². The summed E-state index contributed by atoms with van der Waals surface area (Å²) in [5.74, 6) is 1.16. The van der Waals surface area contributed by atoms with Gasteiger partial charge in [0.25, 0.3) is 0 Å². The minimum absolute atomic E-state index is 0.148. The average molecular weight is 349 g/mol. The first-order chi connectivity index (χ1) is 12.0. The molecule has 1 saturated heterocycles. The molecular weight excluding hydrogens is 324 g/mol.